The Morgan fingerprint density at radius 1 is 1.32 bits per heavy atom. The predicted octanol–water partition coefficient (Wildman–Crippen LogP) is 1.90. The zero-order valence-electron chi connectivity index (χ0n) is 11.5. The second-order valence-corrected chi connectivity index (χ2v) is 4.43. The number of ether oxygens (including phenoxy) is 2. The van der Waals surface area contributed by atoms with E-state index in [9.17, 15) is 5.11 Å². The van der Waals surface area contributed by atoms with Crippen LogP contribution in [0.4, 0.5) is 0 Å². The molecule has 1 aromatic rings. The number of methoxy groups -OCH3 is 1. The van der Waals surface area contributed by atoms with Crippen LogP contribution in [0, 0.1) is 0 Å². The minimum absolute atomic E-state index is 0.0240. The molecule has 0 aromatic heterocycles. The fourth-order valence-electron chi connectivity index (χ4n) is 1.58. The van der Waals surface area contributed by atoms with Gasteiger partial charge in [0.15, 0.2) is 0 Å². The zero-order valence-corrected chi connectivity index (χ0v) is 11.5. The first-order chi connectivity index (χ1) is 9.15. The fraction of sp³-hybridized carbons (Fsp3) is 0.467. The van der Waals surface area contributed by atoms with Crippen molar-refractivity contribution in [2.75, 3.05) is 20.3 Å². The van der Waals surface area contributed by atoms with E-state index in [1.54, 1.807) is 20.1 Å². The van der Waals surface area contributed by atoms with Crippen molar-refractivity contribution < 1.29 is 19.7 Å². The topological polar surface area (TPSA) is 58.9 Å². The molecule has 4 nitrogen and oxygen atoms in total. The lowest BCUT2D eigenvalue weighted by atomic mass is 10.2. The second kappa shape index (κ2) is 8.69. The predicted molar refractivity (Wildman–Crippen MR) is 74.1 cm³/mol. The summed E-state index contributed by atoms with van der Waals surface area (Å²) >= 11 is 0. The molecule has 1 aromatic carbocycles. The number of benzene rings is 1. The molecule has 0 heterocycles. The summed E-state index contributed by atoms with van der Waals surface area (Å²) in [6.45, 7) is 2.74. The molecular formula is C15H22O4. The standard InChI is InChI=1S/C15H22O4/c1-12(10-16)9-14(17)7-8-19-11-13-3-5-15(18-2)6-4-13/h3-6,9,14,16-17H,7-8,10-11H2,1-2H3/b12-9+/t14-/m0/s1. The van der Waals surface area contributed by atoms with Crippen molar-refractivity contribution in [1.82, 2.24) is 0 Å². The SMILES string of the molecule is COc1ccc(COCC[C@H](O)/C=C(\C)CO)cc1. The smallest absolute Gasteiger partial charge is 0.118 e. The molecule has 0 saturated heterocycles. The highest BCUT2D eigenvalue weighted by Crippen LogP contribution is 2.12. The van der Waals surface area contributed by atoms with Crippen molar-refractivity contribution >= 4 is 0 Å². The molecule has 0 bridgehead atoms. The summed E-state index contributed by atoms with van der Waals surface area (Å²) in [6, 6.07) is 7.68. The van der Waals surface area contributed by atoms with Gasteiger partial charge in [0.05, 0.1) is 26.4 Å². The van der Waals surface area contributed by atoms with E-state index in [1.807, 2.05) is 24.3 Å². The van der Waals surface area contributed by atoms with Gasteiger partial charge < -0.3 is 19.7 Å². The number of hydrogen-bond donors (Lipinski definition) is 2. The number of aliphatic hydroxyl groups excluding tert-OH is 2. The number of hydrogen-bond acceptors (Lipinski definition) is 4. The zero-order chi connectivity index (χ0) is 14.1. The van der Waals surface area contributed by atoms with Gasteiger partial charge in [0.2, 0.25) is 0 Å². The molecule has 0 spiro atoms. The van der Waals surface area contributed by atoms with Crippen LogP contribution >= 0.6 is 0 Å². The van der Waals surface area contributed by atoms with Crippen molar-refractivity contribution in [3.8, 4) is 5.75 Å². The van der Waals surface area contributed by atoms with Crippen molar-refractivity contribution in [2.24, 2.45) is 0 Å². The maximum absolute atomic E-state index is 9.63. The summed E-state index contributed by atoms with van der Waals surface area (Å²) in [7, 11) is 1.63. The first kappa shape index (κ1) is 15.7. The van der Waals surface area contributed by atoms with Crippen molar-refractivity contribution in [3.05, 3.63) is 41.5 Å². The van der Waals surface area contributed by atoms with E-state index < -0.39 is 6.10 Å². The van der Waals surface area contributed by atoms with E-state index in [0.717, 1.165) is 16.9 Å². The molecule has 106 valence electrons. The maximum atomic E-state index is 9.63. The summed E-state index contributed by atoms with van der Waals surface area (Å²) in [5, 5.41) is 18.5. The first-order valence-electron chi connectivity index (χ1n) is 6.32. The summed E-state index contributed by atoms with van der Waals surface area (Å²) in [6.07, 6.45) is 1.60. The highest BCUT2D eigenvalue weighted by atomic mass is 16.5. The molecule has 0 aliphatic heterocycles. The molecule has 0 amide bonds. The van der Waals surface area contributed by atoms with Gasteiger partial charge in [-0.1, -0.05) is 18.2 Å². The Labute approximate surface area is 114 Å². The van der Waals surface area contributed by atoms with Gasteiger partial charge in [-0.05, 0) is 30.2 Å². The largest absolute Gasteiger partial charge is 0.497 e. The van der Waals surface area contributed by atoms with Gasteiger partial charge in [-0.25, -0.2) is 0 Å². The summed E-state index contributed by atoms with van der Waals surface area (Å²) in [4.78, 5) is 0. The third-order valence-corrected chi connectivity index (χ3v) is 2.71. The Hall–Kier alpha value is -1.36. The Morgan fingerprint density at radius 2 is 2.00 bits per heavy atom. The van der Waals surface area contributed by atoms with Crippen molar-refractivity contribution in [3.63, 3.8) is 0 Å². The van der Waals surface area contributed by atoms with Crippen LogP contribution in [0.1, 0.15) is 18.9 Å². The van der Waals surface area contributed by atoms with Gasteiger partial charge in [0.25, 0.3) is 0 Å². The van der Waals surface area contributed by atoms with Crippen LogP contribution in [-0.4, -0.2) is 36.6 Å². The average molecular weight is 266 g/mol. The molecule has 0 saturated carbocycles. The Bertz CT molecular complexity index is 384. The lowest BCUT2D eigenvalue weighted by Crippen LogP contribution is -2.08. The molecule has 0 unspecified atom stereocenters. The summed E-state index contributed by atoms with van der Waals surface area (Å²) in [5.74, 6) is 0.823. The van der Waals surface area contributed by atoms with E-state index >= 15 is 0 Å². The highest BCUT2D eigenvalue weighted by Gasteiger charge is 2.01. The minimum Gasteiger partial charge on any atom is -0.497 e. The van der Waals surface area contributed by atoms with Crippen molar-refractivity contribution in [1.29, 1.82) is 0 Å². The van der Waals surface area contributed by atoms with Gasteiger partial charge in [-0.3, -0.25) is 0 Å². The van der Waals surface area contributed by atoms with Crippen LogP contribution in [0.3, 0.4) is 0 Å². The average Bonchev–Trinajstić information content (AvgIpc) is 2.44. The quantitative estimate of drug-likeness (QED) is 0.557. The molecule has 0 aliphatic rings. The molecule has 0 fully saturated rings. The number of rotatable bonds is 8. The van der Waals surface area contributed by atoms with Gasteiger partial charge in [-0.2, -0.15) is 0 Å². The lowest BCUT2D eigenvalue weighted by molar-refractivity contribution is 0.0879. The van der Waals surface area contributed by atoms with Gasteiger partial charge in [0, 0.05) is 13.0 Å². The maximum Gasteiger partial charge on any atom is 0.118 e. The van der Waals surface area contributed by atoms with Crippen LogP contribution in [0.2, 0.25) is 0 Å². The van der Waals surface area contributed by atoms with Gasteiger partial charge in [-0.15, -0.1) is 0 Å². The Morgan fingerprint density at radius 3 is 2.58 bits per heavy atom. The first-order valence-corrected chi connectivity index (χ1v) is 6.32. The van der Waals surface area contributed by atoms with Crippen LogP contribution in [0.25, 0.3) is 0 Å². The van der Waals surface area contributed by atoms with E-state index in [0.29, 0.717) is 19.6 Å². The molecule has 1 atom stereocenters. The minimum atomic E-state index is -0.567. The van der Waals surface area contributed by atoms with Crippen LogP contribution in [0.15, 0.2) is 35.9 Å². The van der Waals surface area contributed by atoms with Gasteiger partial charge in [0.1, 0.15) is 5.75 Å². The monoisotopic (exact) mass is 266 g/mol. The van der Waals surface area contributed by atoms with E-state index in [-0.39, 0.29) is 6.61 Å². The highest BCUT2D eigenvalue weighted by molar-refractivity contribution is 5.26. The normalized spacial score (nSPS) is 13.4. The molecule has 4 heteroatoms. The third kappa shape index (κ3) is 6.38. The van der Waals surface area contributed by atoms with E-state index in [4.69, 9.17) is 14.6 Å². The molecular weight excluding hydrogens is 244 g/mol. The lowest BCUT2D eigenvalue weighted by Gasteiger charge is -2.08. The van der Waals surface area contributed by atoms with Crippen molar-refractivity contribution in [2.45, 2.75) is 26.1 Å². The van der Waals surface area contributed by atoms with Crippen LogP contribution < -0.4 is 4.74 Å². The second-order valence-electron chi connectivity index (χ2n) is 4.43. The Balaban J connectivity index is 2.23. The summed E-state index contributed by atoms with van der Waals surface area (Å²) < 4.78 is 10.6. The van der Waals surface area contributed by atoms with Crippen LogP contribution in [-0.2, 0) is 11.3 Å². The Kier molecular flexibility index (Phi) is 7.18. The van der Waals surface area contributed by atoms with E-state index in [2.05, 4.69) is 0 Å². The summed E-state index contributed by atoms with van der Waals surface area (Å²) in [5.41, 5.74) is 1.83. The van der Waals surface area contributed by atoms with Crippen LogP contribution in [0.5, 0.6) is 5.75 Å². The van der Waals surface area contributed by atoms with E-state index in [1.165, 1.54) is 0 Å². The third-order valence-electron chi connectivity index (χ3n) is 2.71. The van der Waals surface area contributed by atoms with Gasteiger partial charge >= 0.3 is 0 Å². The molecule has 0 radical (unpaired) electrons. The molecule has 19 heavy (non-hydrogen) atoms. The fourth-order valence-corrected chi connectivity index (χ4v) is 1.58. The number of aliphatic hydroxyl groups is 2. The molecule has 0 aliphatic carbocycles. The molecule has 1 rings (SSSR count). The molecule has 2 N–H and O–H groups in total.